The highest BCUT2D eigenvalue weighted by molar-refractivity contribution is 6.67. The van der Waals surface area contributed by atoms with Gasteiger partial charge in [-0.15, -0.1) is 0 Å². The van der Waals surface area contributed by atoms with Gasteiger partial charge in [0, 0.05) is 11.1 Å². The molecule has 3 aromatic rings. The van der Waals surface area contributed by atoms with Crippen molar-refractivity contribution >= 4 is 28.4 Å². The highest BCUT2D eigenvalue weighted by atomic mass is 35.5. The van der Waals surface area contributed by atoms with Gasteiger partial charge in [-0.25, -0.2) is 0 Å². The van der Waals surface area contributed by atoms with Gasteiger partial charge in [0.2, 0.25) is 0 Å². The maximum absolute atomic E-state index is 12.9. The van der Waals surface area contributed by atoms with Gasteiger partial charge in [-0.3, -0.25) is 9.59 Å². The van der Waals surface area contributed by atoms with Crippen molar-refractivity contribution in [1.82, 2.24) is 0 Å². The summed E-state index contributed by atoms with van der Waals surface area (Å²) in [5.41, 5.74) is 0.936. The maximum atomic E-state index is 12.9. The molecule has 4 nitrogen and oxygen atoms in total. The van der Waals surface area contributed by atoms with Crippen LogP contribution in [0.2, 0.25) is 0 Å². The van der Waals surface area contributed by atoms with Crippen molar-refractivity contribution in [3.05, 3.63) is 83.4 Å². The first-order valence-electron chi connectivity index (χ1n) is 8.66. The number of alkyl halides is 3. The maximum Gasteiger partial charge on any atom is 0.416 e. The molecule has 0 saturated carbocycles. The van der Waals surface area contributed by atoms with Crippen molar-refractivity contribution in [2.24, 2.45) is 0 Å². The first-order valence-corrected chi connectivity index (χ1v) is 9.04. The minimum absolute atomic E-state index is 0.205. The number of amides is 1. The van der Waals surface area contributed by atoms with Gasteiger partial charge in [-0.05, 0) is 59.1 Å². The zero-order valence-corrected chi connectivity index (χ0v) is 16.3. The Labute approximate surface area is 175 Å². The molecule has 3 aromatic carbocycles. The number of methoxy groups -OCH3 is 1. The lowest BCUT2D eigenvalue weighted by Gasteiger charge is -2.14. The predicted octanol–water partition coefficient (Wildman–Crippen LogP) is 6.01. The molecule has 30 heavy (non-hydrogen) atoms. The second-order valence-corrected chi connectivity index (χ2v) is 6.61. The lowest BCUT2D eigenvalue weighted by molar-refractivity contribution is -0.137. The van der Waals surface area contributed by atoms with Crippen LogP contribution in [0.1, 0.15) is 26.3 Å². The average Bonchev–Trinajstić information content (AvgIpc) is 2.73. The van der Waals surface area contributed by atoms with Crippen molar-refractivity contribution < 1.29 is 27.5 Å². The Kier molecular flexibility index (Phi) is 6.12. The molecule has 0 aliphatic rings. The number of carbonyl (C=O) groups excluding carboxylic acids is 2. The summed E-state index contributed by atoms with van der Waals surface area (Å²) in [5.74, 6) is -0.254. The molecule has 0 aliphatic carbocycles. The predicted molar refractivity (Wildman–Crippen MR) is 108 cm³/mol. The van der Waals surface area contributed by atoms with Gasteiger partial charge in [-0.2, -0.15) is 13.2 Å². The molecule has 154 valence electrons. The van der Waals surface area contributed by atoms with Crippen molar-refractivity contribution in [1.29, 1.82) is 0 Å². The van der Waals surface area contributed by atoms with E-state index in [2.05, 4.69) is 5.32 Å². The van der Waals surface area contributed by atoms with E-state index in [-0.39, 0.29) is 16.9 Å². The van der Waals surface area contributed by atoms with Crippen molar-refractivity contribution in [3.8, 4) is 16.9 Å². The smallest absolute Gasteiger partial charge is 0.416 e. The third kappa shape index (κ3) is 4.63. The molecule has 0 unspecified atom stereocenters. The van der Waals surface area contributed by atoms with Gasteiger partial charge >= 0.3 is 6.18 Å². The lowest BCUT2D eigenvalue weighted by atomic mass is 9.98. The molecule has 0 fully saturated rings. The van der Waals surface area contributed by atoms with E-state index >= 15 is 0 Å². The highest BCUT2D eigenvalue weighted by Crippen LogP contribution is 2.32. The van der Waals surface area contributed by atoms with E-state index in [9.17, 15) is 22.8 Å². The van der Waals surface area contributed by atoms with E-state index in [1.807, 2.05) is 0 Å². The first-order chi connectivity index (χ1) is 14.2. The van der Waals surface area contributed by atoms with Crippen molar-refractivity contribution in [2.45, 2.75) is 6.18 Å². The Morgan fingerprint density at radius 3 is 2.23 bits per heavy atom. The summed E-state index contributed by atoms with van der Waals surface area (Å²) in [4.78, 5) is 24.2. The van der Waals surface area contributed by atoms with Crippen LogP contribution in [0.5, 0.6) is 5.75 Å². The van der Waals surface area contributed by atoms with Crippen LogP contribution in [0.3, 0.4) is 0 Å². The summed E-state index contributed by atoms with van der Waals surface area (Å²) < 4.78 is 43.6. The van der Waals surface area contributed by atoms with E-state index in [1.54, 1.807) is 24.3 Å². The second-order valence-electron chi connectivity index (χ2n) is 6.26. The number of carbonyl (C=O) groups is 2. The molecule has 0 aromatic heterocycles. The molecule has 0 aliphatic heterocycles. The van der Waals surface area contributed by atoms with E-state index in [4.69, 9.17) is 16.3 Å². The normalized spacial score (nSPS) is 11.1. The molecule has 0 bridgehead atoms. The van der Waals surface area contributed by atoms with E-state index in [0.29, 0.717) is 16.8 Å². The summed E-state index contributed by atoms with van der Waals surface area (Å²) in [5, 5.41) is 2.02. The number of hydrogen-bond donors (Lipinski definition) is 1. The van der Waals surface area contributed by atoms with Crippen LogP contribution in [0.4, 0.5) is 18.9 Å². The third-order valence-corrected chi connectivity index (χ3v) is 4.59. The number of nitrogens with one attached hydrogen (secondary N) is 1. The summed E-state index contributed by atoms with van der Waals surface area (Å²) in [6, 6.07) is 15.4. The zero-order chi connectivity index (χ0) is 21.9. The van der Waals surface area contributed by atoms with Crippen LogP contribution in [-0.4, -0.2) is 18.3 Å². The van der Waals surface area contributed by atoms with Crippen molar-refractivity contribution in [3.63, 3.8) is 0 Å². The minimum atomic E-state index is -4.44. The van der Waals surface area contributed by atoms with Gasteiger partial charge in [0.15, 0.2) is 0 Å². The fourth-order valence-electron chi connectivity index (χ4n) is 2.88. The van der Waals surface area contributed by atoms with Crippen LogP contribution in [0.25, 0.3) is 11.1 Å². The average molecular weight is 434 g/mol. The van der Waals surface area contributed by atoms with E-state index in [1.165, 1.54) is 37.4 Å². The Balaban J connectivity index is 1.93. The molecule has 8 heteroatoms. The summed E-state index contributed by atoms with van der Waals surface area (Å²) in [6.45, 7) is 0. The van der Waals surface area contributed by atoms with Crippen LogP contribution in [-0.2, 0) is 6.18 Å². The fourth-order valence-corrected chi connectivity index (χ4v) is 3.00. The Morgan fingerprint density at radius 2 is 1.63 bits per heavy atom. The van der Waals surface area contributed by atoms with E-state index in [0.717, 1.165) is 12.1 Å². The standard InChI is InChI=1S/C22H15ClF3NO3/c1-30-19-12-14(20(23)28)8-11-18(19)27-21(29)17-5-3-2-4-16(17)13-6-9-15(10-7-13)22(24,25)26/h2-12H,1H3,(H,27,29). The molecule has 0 saturated heterocycles. The lowest BCUT2D eigenvalue weighted by Crippen LogP contribution is -2.14. The Bertz CT molecular complexity index is 1100. The summed E-state index contributed by atoms with van der Waals surface area (Å²) in [7, 11) is 1.38. The molecular weight excluding hydrogens is 419 g/mol. The van der Waals surface area contributed by atoms with Crippen LogP contribution < -0.4 is 10.1 Å². The van der Waals surface area contributed by atoms with Crippen LogP contribution in [0.15, 0.2) is 66.7 Å². The third-order valence-electron chi connectivity index (χ3n) is 4.37. The SMILES string of the molecule is COc1cc(C(=O)Cl)ccc1NC(=O)c1ccccc1-c1ccc(C(F)(F)F)cc1. The number of hydrogen-bond acceptors (Lipinski definition) is 3. The molecule has 0 atom stereocenters. The van der Waals surface area contributed by atoms with Gasteiger partial charge in [0.1, 0.15) is 5.75 Å². The number of rotatable bonds is 5. The Morgan fingerprint density at radius 1 is 0.967 bits per heavy atom. The molecule has 3 rings (SSSR count). The minimum Gasteiger partial charge on any atom is -0.495 e. The van der Waals surface area contributed by atoms with Crippen LogP contribution >= 0.6 is 11.6 Å². The molecule has 0 radical (unpaired) electrons. The number of anilines is 1. The Hall–Kier alpha value is -3.32. The second kappa shape index (κ2) is 8.59. The molecule has 0 heterocycles. The topological polar surface area (TPSA) is 55.4 Å². The highest BCUT2D eigenvalue weighted by Gasteiger charge is 2.30. The van der Waals surface area contributed by atoms with Crippen molar-refractivity contribution in [2.75, 3.05) is 12.4 Å². The monoisotopic (exact) mass is 433 g/mol. The molecule has 1 N–H and O–H groups in total. The van der Waals surface area contributed by atoms with Crippen LogP contribution in [0, 0.1) is 0 Å². The van der Waals surface area contributed by atoms with Gasteiger partial charge in [0.25, 0.3) is 11.1 Å². The molecule has 1 amide bonds. The van der Waals surface area contributed by atoms with Gasteiger partial charge < -0.3 is 10.1 Å². The first kappa shape index (κ1) is 21.4. The van der Waals surface area contributed by atoms with E-state index < -0.39 is 22.9 Å². The fraction of sp³-hybridized carbons (Fsp3) is 0.0909. The summed E-state index contributed by atoms with van der Waals surface area (Å²) >= 11 is 5.46. The zero-order valence-electron chi connectivity index (χ0n) is 15.6. The largest absolute Gasteiger partial charge is 0.495 e. The number of halogens is 4. The number of ether oxygens (including phenoxy) is 1. The summed E-state index contributed by atoms with van der Waals surface area (Å²) in [6.07, 6.45) is -4.44. The molecule has 0 spiro atoms. The molecular formula is C22H15ClF3NO3. The number of benzene rings is 3. The van der Waals surface area contributed by atoms with Gasteiger partial charge in [0.05, 0.1) is 18.4 Å². The quantitative estimate of drug-likeness (QED) is 0.501. The van der Waals surface area contributed by atoms with Gasteiger partial charge in [-0.1, -0.05) is 30.3 Å².